The number of nitrogens with one attached hydrogen (secondary N) is 1. The fourth-order valence-electron chi connectivity index (χ4n) is 0.851. The molecule has 0 aliphatic heterocycles. The Labute approximate surface area is 89.0 Å². The molecule has 0 fully saturated rings. The lowest BCUT2D eigenvalue weighted by atomic mass is 10.3. The SMILES string of the molecule is O=C(ONc1cnns1)c1cccnc1. The van der Waals surface area contributed by atoms with Gasteiger partial charge in [0, 0.05) is 23.9 Å². The monoisotopic (exact) mass is 222 g/mol. The van der Waals surface area contributed by atoms with E-state index in [9.17, 15) is 4.79 Å². The summed E-state index contributed by atoms with van der Waals surface area (Å²) in [7, 11) is 0. The highest BCUT2D eigenvalue weighted by Gasteiger charge is 2.07. The Morgan fingerprint density at radius 3 is 3.07 bits per heavy atom. The van der Waals surface area contributed by atoms with Gasteiger partial charge in [-0.05, 0) is 12.1 Å². The fourth-order valence-corrected chi connectivity index (χ4v) is 1.21. The second-order valence-corrected chi connectivity index (χ2v) is 3.30. The van der Waals surface area contributed by atoms with Crippen LogP contribution in [0.4, 0.5) is 5.00 Å². The number of hydrogen-bond donors (Lipinski definition) is 1. The Morgan fingerprint density at radius 2 is 2.40 bits per heavy atom. The molecule has 0 aliphatic rings. The van der Waals surface area contributed by atoms with E-state index in [1.807, 2.05) is 0 Å². The van der Waals surface area contributed by atoms with Crippen LogP contribution in [0.15, 0.2) is 30.7 Å². The molecule has 2 heterocycles. The van der Waals surface area contributed by atoms with Gasteiger partial charge < -0.3 is 4.84 Å². The summed E-state index contributed by atoms with van der Waals surface area (Å²) in [6.07, 6.45) is 4.47. The van der Waals surface area contributed by atoms with E-state index < -0.39 is 5.97 Å². The summed E-state index contributed by atoms with van der Waals surface area (Å²) in [4.78, 5) is 20.0. The molecule has 0 aromatic carbocycles. The van der Waals surface area contributed by atoms with Gasteiger partial charge in [-0.15, -0.1) is 5.10 Å². The summed E-state index contributed by atoms with van der Waals surface area (Å²) in [5.74, 6) is -0.503. The Balaban J connectivity index is 1.94. The van der Waals surface area contributed by atoms with Crippen molar-refractivity contribution in [1.29, 1.82) is 0 Å². The predicted octanol–water partition coefficient (Wildman–Crippen LogP) is 1.12. The molecule has 7 heteroatoms. The van der Waals surface area contributed by atoms with Crippen LogP contribution in [0.25, 0.3) is 0 Å². The molecule has 0 saturated carbocycles. The molecule has 0 radical (unpaired) electrons. The van der Waals surface area contributed by atoms with Gasteiger partial charge in [0.15, 0.2) is 5.00 Å². The molecule has 1 N–H and O–H groups in total. The summed E-state index contributed by atoms with van der Waals surface area (Å²) < 4.78 is 3.60. The molecule has 0 bridgehead atoms. The number of anilines is 1. The maximum atomic E-state index is 11.4. The number of rotatable bonds is 3. The highest BCUT2D eigenvalue weighted by molar-refractivity contribution is 7.09. The first kappa shape index (κ1) is 9.53. The Morgan fingerprint density at radius 1 is 1.47 bits per heavy atom. The number of carbonyl (C=O) groups excluding carboxylic acids is 1. The zero-order valence-corrected chi connectivity index (χ0v) is 8.27. The van der Waals surface area contributed by atoms with Gasteiger partial charge >= 0.3 is 5.97 Å². The first-order valence-corrected chi connectivity index (χ1v) is 4.78. The first-order valence-electron chi connectivity index (χ1n) is 4.01. The third-order valence-corrected chi connectivity index (χ3v) is 2.06. The largest absolute Gasteiger partial charge is 0.364 e. The summed E-state index contributed by atoms with van der Waals surface area (Å²) in [6, 6.07) is 3.27. The molecule has 0 unspecified atom stereocenters. The summed E-state index contributed by atoms with van der Waals surface area (Å²) >= 11 is 1.10. The minimum Gasteiger partial charge on any atom is -0.337 e. The molecule has 15 heavy (non-hydrogen) atoms. The summed E-state index contributed by atoms with van der Waals surface area (Å²) in [6.45, 7) is 0. The minimum atomic E-state index is -0.503. The molecule has 0 spiro atoms. The molecule has 0 aliphatic carbocycles. The van der Waals surface area contributed by atoms with Crippen molar-refractivity contribution < 1.29 is 9.63 Å². The van der Waals surface area contributed by atoms with E-state index in [4.69, 9.17) is 4.84 Å². The topological polar surface area (TPSA) is 77.0 Å². The molecule has 6 nitrogen and oxygen atoms in total. The van der Waals surface area contributed by atoms with Crippen molar-refractivity contribution in [2.75, 3.05) is 5.48 Å². The van der Waals surface area contributed by atoms with Crippen LogP contribution >= 0.6 is 11.5 Å². The average molecular weight is 222 g/mol. The molecule has 2 aromatic rings. The number of hydrogen-bond acceptors (Lipinski definition) is 7. The van der Waals surface area contributed by atoms with Gasteiger partial charge in [-0.3, -0.25) is 4.98 Å². The lowest BCUT2D eigenvalue weighted by Gasteiger charge is -2.02. The molecule has 2 rings (SSSR count). The van der Waals surface area contributed by atoms with Crippen LogP contribution in [0.1, 0.15) is 10.4 Å². The van der Waals surface area contributed by atoms with Crippen molar-refractivity contribution >= 4 is 22.5 Å². The van der Waals surface area contributed by atoms with Crippen molar-refractivity contribution in [3.8, 4) is 0 Å². The van der Waals surface area contributed by atoms with E-state index in [-0.39, 0.29) is 0 Å². The zero-order chi connectivity index (χ0) is 10.5. The van der Waals surface area contributed by atoms with Gasteiger partial charge in [0.1, 0.15) is 0 Å². The molecule has 0 atom stereocenters. The smallest absolute Gasteiger partial charge is 0.337 e. The second-order valence-electron chi connectivity index (χ2n) is 2.52. The van der Waals surface area contributed by atoms with Crippen LogP contribution in [-0.2, 0) is 4.84 Å². The van der Waals surface area contributed by atoms with Gasteiger partial charge in [-0.25, -0.2) is 10.3 Å². The van der Waals surface area contributed by atoms with Gasteiger partial charge in [0.2, 0.25) is 0 Å². The number of aromatic nitrogens is 3. The van der Waals surface area contributed by atoms with Gasteiger partial charge in [-0.1, -0.05) is 4.49 Å². The number of carbonyl (C=O) groups is 1. The molecule has 2 aromatic heterocycles. The molecule has 0 saturated heterocycles. The number of nitrogens with zero attached hydrogens (tertiary/aromatic N) is 3. The maximum absolute atomic E-state index is 11.4. The molecular weight excluding hydrogens is 216 g/mol. The summed E-state index contributed by atoms with van der Waals surface area (Å²) in [5.41, 5.74) is 2.82. The third-order valence-electron chi connectivity index (χ3n) is 1.50. The van der Waals surface area contributed by atoms with Crippen molar-refractivity contribution in [2.45, 2.75) is 0 Å². The third kappa shape index (κ3) is 2.47. The van der Waals surface area contributed by atoms with E-state index in [1.165, 1.54) is 12.4 Å². The van der Waals surface area contributed by atoms with E-state index >= 15 is 0 Å². The highest BCUT2D eigenvalue weighted by Crippen LogP contribution is 2.09. The highest BCUT2D eigenvalue weighted by atomic mass is 32.1. The maximum Gasteiger partial charge on any atom is 0.364 e. The van der Waals surface area contributed by atoms with Gasteiger partial charge in [0.25, 0.3) is 0 Å². The van der Waals surface area contributed by atoms with Crippen LogP contribution in [0.5, 0.6) is 0 Å². The second kappa shape index (κ2) is 4.47. The average Bonchev–Trinajstić information content (AvgIpc) is 2.80. The Bertz CT molecular complexity index is 431. The summed E-state index contributed by atoms with van der Waals surface area (Å²) in [5, 5.41) is 4.14. The quantitative estimate of drug-likeness (QED) is 0.784. The van der Waals surface area contributed by atoms with E-state index in [0.717, 1.165) is 11.5 Å². The molecule has 76 valence electrons. The van der Waals surface area contributed by atoms with Crippen LogP contribution in [0.3, 0.4) is 0 Å². The van der Waals surface area contributed by atoms with Gasteiger partial charge in [0.05, 0.1) is 11.8 Å². The predicted molar refractivity (Wildman–Crippen MR) is 53.2 cm³/mol. The van der Waals surface area contributed by atoms with Crippen molar-refractivity contribution in [2.24, 2.45) is 0 Å². The van der Waals surface area contributed by atoms with Crippen LogP contribution in [0.2, 0.25) is 0 Å². The normalized spacial score (nSPS) is 9.60. The van der Waals surface area contributed by atoms with Crippen LogP contribution in [-0.4, -0.2) is 20.5 Å². The first-order chi connectivity index (χ1) is 7.36. The van der Waals surface area contributed by atoms with Crippen LogP contribution in [0, 0.1) is 0 Å². The standard InChI is InChI=1S/C8H6N4O2S/c13-8(6-2-1-3-9-4-6)14-11-7-5-10-12-15-7/h1-5,11H. The minimum absolute atomic E-state index is 0.377. The van der Waals surface area contributed by atoms with E-state index in [0.29, 0.717) is 10.6 Å². The van der Waals surface area contributed by atoms with E-state index in [2.05, 4.69) is 20.1 Å². The van der Waals surface area contributed by atoms with Crippen molar-refractivity contribution in [3.05, 3.63) is 36.3 Å². The number of pyridine rings is 1. The molecule has 0 amide bonds. The Hall–Kier alpha value is -2.02. The van der Waals surface area contributed by atoms with Gasteiger partial charge in [-0.2, -0.15) is 0 Å². The molecular formula is C8H6N4O2S. The van der Waals surface area contributed by atoms with E-state index in [1.54, 1.807) is 18.3 Å². The van der Waals surface area contributed by atoms with Crippen LogP contribution < -0.4 is 5.48 Å². The van der Waals surface area contributed by atoms with Crippen molar-refractivity contribution in [1.82, 2.24) is 14.6 Å². The Kier molecular flexibility index (Phi) is 2.84. The van der Waals surface area contributed by atoms with Crippen molar-refractivity contribution in [3.63, 3.8) is 0 Å². The lowest BCUT2D eigenvalue weighted by Crippen LogP contribution is -2.10. The lowest BCUT2D eigenvalue weighted by molar-refractivity contribution is 0.0597. The fraction of sp³-hybridized carbons (Fsp3) is 0. The zero-order valence-electron chi connectivity index (χ0n) is 7.45.